The highest BCUT2D eigenvalue weighted by Gasteiger charge is 2.18. The van der Waals surface area contributed by atoms with Crippen molar-refractivity contribution >= 4 is 23.3 Å². The van der Waals surface area contributed by atoms with E-state index in [0.717, 1.165) is 24.3 Å². The van der Waals surface area contributed by atoms with E-state index < -0.39 is 56.7 Å². The summed E-state index contributed by atoms with van der Waals surface area (Å²) in [7, 11) is 0. The lowest BCUT2D eigenvalue weighted by Crippen LogP contribution is -2.32. The molecule has 32 heavy (non-hydrogen) atoms. The van der Waals surface area contributed by atoms with Crippen molar-refractivity contribution < 1.29 is 39.9 Å². The van der Waals surface area contributed by atoms with Crippen molar-refractivity contribution in [2.45, 2.75) is 24.9 Å². The van der Waals surface area contributed by atoms with Crippen molar-refractivity contribution in [1.29, 1.82) is 0 Å². The van der Waals surface area contributed by atoms with Crippen LogP contribution in [0.25, 0.3) is 0 Å². The molecule has 2 unspecified atom stereocenters. The van der Waals surface area contributed by atoms with Gasteiger partial charge in [-0.15, -0.1) is 0 Å². The highest BCUT2D eigenvalue weighted by Crippen LogP contribution is 2.27. The zero-order chi connectivity index (χ0) is 24.6. The average molecular weight is 452 g/mol. The van der Waals surface area contributed by atoms with E-state index in [1.54, 1.807) is 0 Å². The fraction of sp³-hybridized carbons (Fsp3) is 0.222. The van der Waals surface area contributed by atoms with E-state index in [-0.39, 0.29) is 12.8 Å². The molecule has 14 nitrogen and oxygen atoms in total. The molecule has 0 aliphatic rings. The van der Waals surface area contributed by atoms with Gasteiger partial charge in [0.05, 0.1) is 9.85 Å². The summed E-state index contributed by atoms with van der Waals surface area (Å²) in [4.78, 5) is 40.5. The topological polar surface area (TPSA) is 253 Å². The van der Waals surface area contributed by atoms with Crippen LogP contribution in [0.5, 0.6) is 11.5 Å². The maximum Gasteiger partial charge on any atom is 0.320 e. The average Bonchev–Trinajstić information content (AvgIpc) is 2.70. The smallest absolute Gasteiger partial charge is 0.320 e. The number of carbonyl (C=O) groups is 2. The number of carboxylic acids is 2. The molecule has 0 amide bonds. The Bertz CT molecular complexity index is 945. The molecule has 0 aliphatic heterocycles. The Balaban J connectivity index is 0.000000320. The third kappa shape index (κ3) is 7.51. The van der Waals surface area contributed by atoms with E-state index in [0.29, 0.717) is 11.1 Å². The molecule has 2 aromatic rings. The number of phenolic OH excluding ortho intramolecular Hbond substituents is 2. The fourth-order valence-electron chi connectivity index (χ4n) is 2.37. The molecule has 0 heterocycles. The van der Waals surface area contributed by atoms with Gasteiger partial charge in [0.25, 0.3) is 0 Å². The molecule has 0 radical (unpaired) electrons. The van der Waals surface area contributed by atoms with Gasteiger partial charge in [0, 0.05) is 12.1 Å². The first-order chi connectivity index (χ1) is 14.8. The van der Waals surface area contributed by atoms with Crippen LogP contribution in [0.1, 0.15) is 11.1 Å². The zero-order valence-corrected chi connectivity index (χ0v) is 16.3. The summed E-state index contributed by atoms with van der Waals surface area (Å²) >= 11 is 0. The zero-order valence-electron chi connectivity index (χ0n) is 16.3. The number of nitro groups is 2. The summed E-state index contributed by atoms with van der Waals surface area (Å²) in [6, 6.07) is 5.05. The maximum absolute atomic E-state index is 10.5. The number of carboxylic acid groups (broad SMARTS) is 2. The van der Waals surface area contributed by atoms with Crippen LogP contribution in [0.2, 0.25) is 0 Å². The summed E-state index contributed by atoms with van der Waals surface area (Å²) in [6.45, 7) is 0. The maximum atomic E-state index is 10.5. The van der Waals surface area contributed by atoms with Gasteiger partial charge in [-0.3, -0.25) is 29.8 Å². The van der Waals surface area contributed by atoms with Crippen LogP contribution in [-0.4, -0.2) is 54.3 Å². The minimum absolute atomic E-state index is 0.0313. The van der Waals surface area contributed by atoms with Crippen molar-refractivity contribution in [3.63, 3.8) is 0 Å². The molecule has 2 aromatic carbocycles. The van der Waals surface area contributed by atoms with Gasteiger partial charge in [-0.2, -0.15) is 0 Å². The molecule has 14 heteroatoms. The highest BCUT2D eigenvalue weighted by molar-refractivity contribution is 5.74. The number of aromatic hydroxyl groups is 2. The van der Waals surface area contributed by atoms with Crippen molar-refractivity contribution in [3.8, 4) is 11.5 Å². The summed E-state index contributed by atoms with van der Waals surface area (Å²) in [5, 5.41) is 56.4. The van der Waals surface area contributed by atoms with E-state index in [1.807, 2.05) is 0 Å². The van der Waals surface area contributed by atoms with Crippen molar-refractivity contribution in [2.24, 2.45) is 11.5 Å². The van der Waals surface area contributed by atoms with Crippen LogP contribution in [-0.2, 0) is 22.4 Å². The fourth-order valence-corrected chi connectivity index (χ4v) is 2.37. The van der Waals surface area contributed by atoms with Gasteiger partial charge in [0.15, 0.2) is 11.5 Å². The summed E-state index contributed by atoms with van der Waals surface area (Å²) in [5.74, 6) is -3.29. The number of hydrogen-bond acceptors (Lipinski definition) is 10. The SMILES string of the molecule is NC(Cc1ccc(O)c([N+](=O)[O-])c1)C(=O)O.NC(Cc1ccc(O)c([N+](=O)[O-])c1)C(=O)O. The molecule has 0 spiro atoms. The lowest BCUT2D eigenvalue weighted by atomic mass is 10.1. The Labute approximate surface area is 179 Å². The van der Waals surface area contributed by atoms with E-state index in [9.17, 15) is 29.8 Å². The largest absolute Gasteiger partial charge is 0.502 e. The lowest BCUT2D eigenvalue weighted by molar-refractivity contribution is -0.386. The Morgan fingerprint density at radius 1 is 0.781 bits per heavy atom. The monoisotopic (exact) mass is 452 g/mol. The second-order valence-corrected chi connectivity index (χ2v) is 6.46. The molecular weight excluding hydrogens is 432 g/mol. The molecule has 2 atom stereocenters. The number of hydrogen-bond donors (Lipinski definition) is 6. The first-order valence-corrected chi connectivity index (χ1v) is 8.72. The number of nitrogens with zero attached hydrogens (tertiary/aromatic N) is 2. The summed E-state index contributed by atoms with van der Waals surface area (Å²) < 4.78 is 0. The van der Waals surface area contributed by atoms with Crippen LogP contribution in [0.15, 0.2) is 36.4 Å². The van der Waals surface area contributed by atoms with Gasteiger partial charge < -0.3 is 31.9 Å². The van der Waals surface area contributed by atoms with Gasteiger partial charge in [0.2, 0.25) is 0 Å². The molecule has 2 rings (SSSR count). The highest BCUT2D eigenvalue weighted by atomic mass is 16.6. The van der Waals surface area contributed by atoms with Crippen molar-refractivity contribution in [1.82, 2.24) is 0 Å². The third-order valence-corrected chi connectivity index (χ3v) is 4.02. The molecule has 0 fully saturated rings. The Kier molecular flexibility index (Phi) is 9.00. The molecule has 0 saturated heterocycles. The molecule has 0 bridgehead atoms. The first kappa shape index (κ1) is 25.7. The molecule has 0 aromatic heterocycles. The van der Waals surface area contributed by atoms with Gasteiger partial charge >= 0.3 is 23.3 Å². The summed E-state index contributed by atoms with van der Waals surface area (Å²) in [5.41, 5.74) is 10.4. The van der Waals surface area contributed by atoms with Gasteiger partial charge in [-0.25, -0.2) is 0 Å². The normalized spacial score (nSPS) is 12.1. The van der Waals surface area contributed by atoms with Crippen LogP contribution >= 0.6 is 0 Å². The van der Waals surface area contributed by atoms with Gasteiger partial charge in [-0.05, 0) is 36.1 Å². The predicted octanol–water partition coefficient (Wildman–Crippen LogP) is 0.510. The van der Waals surface area contributed by atoms with Crippen LogP contribution in [0.3, 0.4) is 0 Å². The van der Waals surface area contributed by atoms with E-state index in [1.165, 1.54) is 12.1 Å². The quantitative estimate of drug-likeness (QED) is 0.236. The third-order valence-electron chi connectivity index (χ3n) is 4.02. The second-order valence-electron chi connectivity index (χ2n) is 6.46. The molecular formula is C18H20N4O10. The Hall–Kier alpha value is -4.30. The minimum Gasteiger partial charge on any atom is -0.502 e. The van der Waals surface area contributed by atoms with Crippen LogP contribution in [0.4, 0.5) is 11.4 Å². The molecule has 8 N–H and O–H groups in total. The van der Waals surface area contributed by atoms with Crippen LogP contribution < -0.4 is 11.5 Å². The second kappa shape index (κ2) is 11.2. The Morgan fingerprint density at radius 2 is 1.09 bits per heavy atom. The minimum atomic E-state index is -1.18. The number of nitro benzene ring substituents is 2. The molecule has 172 valence electrons. The van der Waals surface area contributed by atoms with Crippen molar-refractivity contribution in [2.75, 3.05) is 0 Å². The van der Waals surface area contributed by atoms with E-state index in [4.69, 9.17) is 31.9 Å². The standard InChI is InChI=1S/2C9H10N2O5/c2*10-6(9(13)14)3-5-1-2-8(12)7(4-5)11(15)16/h2*1-2,4,6,12H,3,10H2,(H,13,14). The van der Waals surface area contributed by atoms with Crippen molar-refractivity contribution in [3.05, 3.63) is 67.8 Å². The number of phenols is 2. The van der Waals surface area contributed by atoms with Gasteiger partial charge in [0.1, 0.15) is 12.1 Å². The number of rotatable bonds is 8. The summed E-state index contributed by atoms with van der Waals surface area (Å²) in [6.07, 6.45) is -0.0626. The Morgan fingerprint density at radius 3 is 1.34 bits per heavy atom. The van der Waals surface area contributed by atoms with E-state index >= 15 is 0 Å². The number of nitrogens with two attached hydrogens (primary N) is 2. The van der Waals surface area contributed by atoms with E-state index in [2.05, 4.69) is 0 Å². The predicted molar refractivity (Wildman–Crippen MR) is 108 cm³/mol. The number of benzene rings is 2. The van der Waals surface area contributed by atoms with Crippen LogP contribution in [0, 0.1) is 20.2 Å². The molecule has 0 saturated carbocycles. The lowest BCUT2D eigenvalue weighted by Gasteiger charge is -2.06. The number of aliphatic carboxylic acids is 2. The first-order valence-electron chi connectivity index (χ1n) is 8.72. The van der Waals surface area contributed by atoms with Gasteiger partial charge in [-0.1, -0.05) is 12.1 Å². The molecule has 0 aliphatic carbocycles.